The number of ether oxygens (including phenoxy) is 2. The van der Waals surface area contributed by atoms with Gasteiger partial charge in [0.2, 0.25) is 0 Å². The molecule has 0 aliphatic rings. The van der Waals surface area contributed by atoms with Crippen LogP contribution in [0, 0.1) is 5.92 Å². The summed E-state index contributed by atoms with van der Waals surface area (Å²) in [4.78, 5) is 11.7. The molecule has 0 saturated heterocycles. The molecule has 0 heterocycles. The minimum absolute atomic E-state index is 0.478. The Morgan fingerprint density at radius 1 is 0.487 bits per heavy atom. The molecule has 0 bridgehead atoms. The Morgan fingerprint density at radius 3 is 1.21 bits per heavy atom. The number of carbonyl (C=O) groups is 1. The molecule has 0 amide bonds. The second kappa shape index (κ2) is 33.2. The van der Waals surface area contributed by atoms with Crippen molar-refractivity contribution in [2.75, 3.05) is 13.2 Å². The molecule has 0 saturated carbocycles. The van der Waals surface area contributed by atoms with Crippen molar-refractivity contribution in [2.24, 2.45) is 5.92 Å². The van der Waals surface area contributed by atoms with E-state index in [1.54, 1.807) is 0 Å². The Hall–Kier alpha value is -0.990. The summed E-state index contributed by atoms with van der Waals surface area (Å²) in [5.41, 5.74) is 0. The number of hydrogen-bond donors (Lipinski definition) is 0. The lowest BCUT2D eigenvalue weighted by molar-refractivity contribution is 0.0529. The van der Waals surface area contributed by atoms with Crippen LogP contribution in [0.1, 0.15) is 194 Å². The fourth-order valence-electron chi connectivity index (χ4n) is 5.12. The third-order valence-corrected chi connectivity index (χ3v) is 7.77. The lowest BCUT2D eigenvalue weighted by Gasteiger charge is -2.07. The monoisotopic (exact) mass is 551 g/mol. The number of hydrogen-bond acceptors (Lipinski definition) is 3. The van der Waals surface area contributed by atoms with E-state index in [-0.39, 0.29) is 0 Å². The van der Waals surface area contributed by atoms with Crippen LogP contribution < -0.4 is 0 Å². The lowest BCUT2D eigenvalue weighted by Crippen LogP contribution is -2.09. The third kappa shape index (κ3) is 35.0. The second-order valence-electron chi connectivity index (χ2n) is 12.3. The van der Waals surface area contributed by atoms with Crippen molar-refractivity contribution in [2.45, 2.75) is 194 Å². The predicted octanol–water partition coefficient (Wildman–Crippen LogP) is 12.9. The van der Waals surface area contributed by atoms with E-state index in [0.29, 0.717) is 13.2 Å². The van der Waals surface area contributed by atoms with Gasteiger partial charge in [-0.15, -0.1) is 0 Å². The molecule has 0 atom stereocenters. The van der Waals surface area contributed by atoms with Gasteiger partial charge in [-0.3, -0.25) is 0 Å². The molecule has 0 aliphatic carbocycles. The van der Waals surface area contributed by atoms with Crippen molar-refractivity contribution in [3.05, 3.63) is 12.2 Å². The summed E-state index contributed by atoms with van der Waals surface area (Å²) in [6.45, 7) is 7.90. The van der Waals surface area contributed by atoms with Gasteiger partial charge in [0.1, 0.15) is 0 Å². The van der Waals surface area contributed by atoms with Crippen molar-refractivity contribution in [3.63, 3.8) is 0 Å². The molecule has 0 N–H and O–H groups in total. The summed E-state index contributed by atoms with van der Waals surface area (Å²) in [6, 6.07) is 0. The first kappa shape index (κ1) is 38.0. The highest BCUT2D eigenvalue weighted by Crippen LogP contribution is 2.14. The molecule has 3 nitrogen and oxygen atoms in total. The lowest BCUT2D eigenvalue weighted by atomic mass is 10.0. The average Bonchev–Trinajstić information content (AvgIpc) is 2.92. The Bertz CT molecular complexity index is 500. The second-order valence-corrected chi connectivity index (χ2v) is 12.3. The molecular weight excluding hydrogens is 480 g/mol. The van der Waals surface area contributed by atoms with E-state index >= 15 is 0 Å². The summed E-state index contributed by atoms with van der Waals surface area (Å²) in [5, 5.41) is 0. The van der Waals surface area contributed by atoms with Crippen LogP contribution in [0.15, 0.2) is 12.2 Å². The number of carbonyl (C=O) groups excluding carboxylic acids is 1. The van der Waals surface area contributed by atoms with Crippen LogP contribution in [0.3, 0.4) is 0 Å². The van der Waals surface area contributed by atoms with Gasteiger partial charge in [-0.25, -0.2) is 4.79 Å². The molecule has 0 fully saturated rings. The van der Waals surface area contributed by atoms with Gasteiger partial charge >= 0.3 is 6.16 Å². The molecule has 0 rings (SSSR count). The van der Waals surface area contributed by atoms with Gasteiger partial charge in [-0.2, -0.15) is 0 Å². The van der Waals surface area contributed by atoms with Crippen LogP contribution in [-0.2, 0) is 9.47 Å². The summed E-state index contributed by atoms with van der Waals surface area (Å²) in [5.74, 6) is 0.841. The molecule has 39 heavy (non-hydrogen) atoms. The maximum Gasteiger partial charge on any atom is 0.508 e. The topological polar surface area (TPSA) is 35.5 Å². The largest absolute Gasteiger partial charge is 0.508 e. The molecule has 0 aromatic carbocycles. The molecule has 0 unspecified atom stereocenters. The SMILES string of the molecule is CCCCCCCCC=CCCCCCCCCCCCCOC(=O)OCCCCCCCCCCC(C)C. The summed E-state index contributed by atoms with van der Waals surface area (Å²) in [7, 11) is 0. The molecule has 0 aliphatic heterocycles. The minimum Gasteiger partial charge on any atom is -0.434 e. The molecule has 232 valence electrons. The molecule has 3 heteroatoms. The number of allylic oxidation sites excluding steroid dienone is 2. The summed E-state index contributed by atoms with van der Waals surface area (Å²) >= 11 is 0. The van der Waals surface area contributed by atoms with E-state index in [9.17, 15) is 4.79 Å². The van der Waals surface area contributed by atoms with E-state index in [2.05, 4.69) is 32.9 Å². The van der Waals surface area contributed by atoms with Gasteiger partial charge in [0.05, 0.1) is 13.2 Å². The van der Waals surface area contributed by atoms with Crippen molar-refractivity contribution in [3.8, 4) is 0 Å². The fraction of sp³-hybridized carbons (Fsp3) is 0.917. The van der Waals surface area contributed by atoms with E-state index in [1.165, 1.54) is 148 Å². The van der Waals surface area contributed by atoms with Gasteiger partial charge in [-0.05, 0) is 44.4 Å². The van der Waals surface area contributed by atoms with Gasteiger partial charge in [0, 0.05) is 0 Å². The third-order valence-electron chi connectivity index (χ3n) is 7.77. The molecular formula is C36H70O3. The first-order valence-corrected chi connectivity index (χ1v) is 17.6. The van der Waals surface area contributed by atoms with E-state index < -0.39 is 6.16 Å². The maximum absolute atomic E-state index is 11.7. The normalized spacial score (nSPS) is 11.6. The minimum atomic E-state index is -0.478. The quantitative estimate of drug-likeness (QED) is 0.0489. The van der Waals surface area contributed by atoms with Crippen molar-refractivity contribution in [1.82, 2.24) is 0 Å². The molecule has 0 aromatic rings. The van der Waals surface area contributed by atoms with Crippen LogP contribution >= 0.6 is 0 Å². The van der Waals surface area contributed by atoms with E-state index in [0.717, 1.165) is 31.6 Å². The summed E-state index contributed by atoms with van der Waals surface area (Å²) in [6.07, 6.45) is 39.7. The van der Waals surface area contributed by atoms with Crippen LogP contribution in [0.4, 0.5) is 4.79 Å². The van der Waals surface area contributed by atoms with Crippen molar-refractivity contribution < 1.29 is 14.3 Å². The van der Waals surface area contributed by atoms with Crippen molar-refractivity contribution >= 4 is 6.16 Å². The van der Waals surface area contributed by atoms with Crippen LogP contribution in [0.5, 0.6) is 0 Å². The highest BCUT2D eigenvalue weighted by molar-refractivity contribution is 5.59. The predicted molar refractivity (Wildman–Crippen MR) is 172 cm³/mol. The van der Waals surface area contributed by atoms with Gasteiger partial charge in [0.15, 0.2) is 0 Å². The standard InChI is InChI=1S/C36H70O3/c1-4-5-6-7-8-9-10-11-12-13-14-15-16-17-18-19-21-24-27-30-33-38-36(37)39-34-31-28-25-22-20-23-26-29-32-35(2)3/h11-12,35H,4-10,13-34H2,1-3H3. The zero-order chi connectivity index (χ0) is 28.5. The van der Waals surface area contributed by atoms with E-state index in [4.69, 9.17) is 9.47 Å². The van der Waals surface area contributed by atoms with Gasteiger partial charge in [-0.1, -0.05) is 168 Å². The molecule has 0 radical (unpaired) electrons. The van der Waals surface area contributed by atoms with Crippen LogP contribution in [0.2, 0.25) is 0 Å². The molecule has 0 spiro atoms. The van der Waals surface area contributed by atoms with Crippen LogP contribution in [0.25, 0.3) is 0 Å². The Labute approximate surface area is 245 Å². The van der Waals surface area contributed by atoms with Gasteiger partial charge < -0.3 is 9.47 Å². The molecule has 0 aromatic heterocycles. The maximum atomic E-state index is 11.7. The number of unbranched alkanes of at least 4 members (excludes halogenated alkanes) is 23. The smallest absolute Gasteiger partial charge is 0.434 e. The fourth-order valence-corrected chi connectivity index (χ4v) is 5.12. The Balaban J connectivity index is 3.18. The first-order valence-electron chi connectivity index (χ1n) is 17.6. The summed E-state index contributed by atoms with van der Waals surface area (Å²) < 4.78 is 10.4. The average molecular weight is 551 g/mol. The Kier molecular flexibility index (Phi) is 32.4. The number of rotatable bonds is 31. The zero-order valence-electron chi connectivity index (χ0n) is 27.0. The van der Waals surface area contributed by atoms with Crippen molar-refractivity contribution in [1.29, 1.82) is 0 Å². The zero-order valence-corrected chi connectivity index (χ0v) is 27.0. The van der Waals surface area contributed by atoms with E-state index in [1.807, 2.05) is 0 Å². The highest BCUT2D eigenvalue weighted by atomic mass is 16.7. The van der Waals surface area contributed by atoms with Crippen LogP contribution in [-0.4, -0.2) is 19.4 Å². The highest BCUT2D eigenvalue weighted by Gasteiger charge is 2.03. The Morgan fingerprint density at radius 2 is 0.821 bits per heavy atom. The first-order chi connectivity index (χ1) is 19.2. The van der Waals surface area contributed by atoms with Gasteiger partial charge in [0.25, 0.3) is 0 Å².